The number of amides is 1. The van der Waals surface area contributed by atoms with E-state index in [0.29, 0.717) is 24.9 Å². The van der Waals surface area contributed by atoms with Gasteiger partial charge in [0.15, 0.2) is 0 Å². The van der Waals surface area contributed by atoms with Crippen LogP contribution < -0.4 is 5.32 Å². The molecule has 2 nitrogen and oxygen atoms in total. The van der Waals surface area contributed by atoms with Crippen LogP contribution in [0.25, 0.3) is 0 Å². The maximum atomic E-state index is 14.1. The Morgan fingerprint density at radius 1 is 1.05 bits per heavy atom. The Bertz CT molecular complexity index is 678. The van der Waals surface area contributed by atoms with Crippen molar-refractivity contribution in [1.82, 2.24) is 5.32 Å². The highest BCUT2D eigenvalue weighted by atomic mass is 19.1. The molecule has 2 aromatic carbocycles. The lowest BCUT2D eigenvalue weighted by molar-refractivity contribution is -0.130. The van der Waals surface area contributed by atoms with E-state index in [1.54, 1.807) is 30.3 Å². The van der Waals surface area contributed by atoms with E-state index in [-0.39, 0.29) is 17.5 Å². The SMILES string of the molecule is O=C(NCc1ccc(F)cc1)C1(c2ccccc2F)CCC1. The molecule has 1 amide bonds. The molecular formula is C18H17F2NO. The molecule has 1 aliphatic rings. The van der Waals surface area contributed by atoms with Gasteiger partial charge in [0.25, 0.3) is 0 Å². The van der Waals surface area contributed by atoms with Crippen molar-refractivity contribution in [2.24, 2.45) is 0 Å². The van der Waals surface area contributed by atoms with Gasteiger partial charge >= 0.3 is 0 Å². The molecule has 0 saturated heterocycles. The molecule has 1 saturated carbocycles. The summed E-state index contributed by atoms with van der Waals surface area (Å²) in [6.07, 6.45) is 2.23. The first-order chi connectivity index (χ1) is 10.6. The molecule has 0 spiro atoms. The van der Waals surface area contributed by atoms with Gasteiger partial charge in [-0.2, -0.15) is 0 Å². The standard InChI is InChI=1S/C18H17F2NO/c19-14-8-6-13(7-9-14)12-21-17(22)18(10-3-11-18)15-4-1-2-5-16(15)20/h1-2,4-9H,3,10-12H2,(H,21,22). The van der Waals surface area contributed by atoms with Gasteiger partial charge in [-0.25, -0.2) is 8.78 Å². The highest BCUT2D eigenvalue weighted by Gasteiger charge is 2.46. The van der Waals surface area contributed by atoms with Crippen LogP contribution in [0.3, 0.4) is 0 Å². The van der Waals surface area contributed by atoms with Crippen molar-refractivity contribution < 1.29 is 13.6 Å². The maximum absolute atomic E-state index is 14.1. The third-order valence-electron chi connectivity index (χ3n) is 4.40. The third kappa shape index (κ3) is 2.61. The Balaban J connectivity index is 1.75. The zero-order chi connectivity index (χ0) is 15.6. The predicted octanol–water partition coefficient (Wildman–Crippen LogP) is 3.70. The van der Waals surface area contributed by atoms with E-state index >= 15 is 0 Å². The first kappa shape index (κ1) is 14.7. The van der Waals surface area contributed by atoms with Gasteiger partial charge < -0.3 is 5.32 Å². The molecule has 22 heavy (non-hydrogen) atoms. The average molecular weight is 301 g/mol. The Morgan fingerprint density at radius 3 is 2.32 bits per heavy atom. The third-order valence-corrected chi connectivity index (χ3v) is 4.40. The number of carbonyl (C=O) groups excluding carboxylic acids is 1. The number of nitrogens with one attached hydrogen (secondary N) is 1. The van der Waals surface area contributed by atoms with Crippen LogP contribution in [0, 0.1) is 11.6 Å². The summed E-state index contributed by atoms with van der Waals surface area (Å²) >= 11 is 0. The van der Waals surface area contributed by atoms with E-state index in [1.165, 1.54) is 18.2 Å². The van der Waals surface area contributed by atoms with E-state index < -0.39 is 5.41 Å². The predicted molar refractivity (Wildman–Crippen MR) is 80.2 cm³/mol. The Morgan fingerprint density at radius 2 is 1.73 bits per heavy atom. The number of carbonyl (C=O) groups is 1. The summed E-state index contributed by atoms with van der Waals surface area (Å²) < 4.78 is 26.9. The number of hydrogen-bond donors (Lipinski definition) is 1. The number of hydrogen-bond acceptors (Lipinski definition) is 1. The number of halogens is 2. The summed E-state index contributed by atoms with van der Waals surface area (Å²) in [7, 11) is 0. The van der Waals surface area contributed by atoms with E-state index in [4.69, 9.17) is 0 Å². The minimum Gasteiger partial charge on any atom is -0.351 e. The maximum Gasteiger partial charge on any atom is 0.231 e. The van der Waals surface area contributed by atoms with Gasteiger partial charge in [-0.15, -0.1) is 0 Å². The largest absolute Gasteiger partial charge is 0.351 e. The van der Waals surface area contributed by atoms with Crippen molar-refractivity contribution in [2.75, 3.05) is 0 Å². The Hall–Kier alpha value is -2.23. The van der Waals surface area contributed by atoms with E-state index in [9.17, 15) is 13.6 Å². The molecule has 0 aliphatic heterocycles. The monoisotopic (exact) mass is 301 g/mol. The van der Waals surface area contributed by atoms with Crippen molar-refractivity contribution in [3.05, 3.63) is 71.3 Å². The lowest BCUT2D eigenvalue weighted by atomic mass is 9.63. The number of rotatable bonds is 4. The van der Waals surface area contributed by atoms with E-state index in [1.807, 2.05) is 0 Å². The summed E-state index contributed by atoms with van der Waals surface area (Å²) in [4.78, 5) is 12.6. The molecule has 0 aromatic heterocycles. The van der Waals surface area contributed by atoms with Gasteiger partial charge in [-0.1, -0.05) is 36.8 Å². The lowest BCUT2D eigenvalue weighted by Gasteiger charge is -2.40. The normalized spacial score (nSPS) is 15.9. The van der Waals surface area contributed by atoms with Crippen LogP contribution in [-0.2, 0) is 16.8 Å². The summed E-state index contributed by atoms with van der Waals surface area (Å²) in [6.45, 7) is 0.315. The molecule has 114 valence electrons. The molecule has 3 rings (SSSR count). The molecule has 0 radical (unpaired) electrons. The fourth-order valence-corrected chi connectivity index (χ4v) is 2.95. The van der Waals surface area contributed by atoms with Crippen molar-refractivity contribution in [3.8, 4) is 0 Å². The zero-order valence-corrected chi connectivity index (χ0v) is 12.1. The van der Waals surface area contributed by atoms with E-state index in [0.717, 1.165) is 12.0 Å². The van der Waals surface area contributed by atoms with Crippen molar-refractivity contribution in [1.29, 1.82) is 0 Å². The van der Waals surface area contributed by atoms with Crippen LogP contribution in [0.1, 0.15) is 30.4 Å². The molecule has 0 heterocycles. The number of benzene rings is 2. The van der Waals surface area contributed by atoms with Crippen LogP contribution in [-0.4, -0.2) is 5.91 Å². The minimum absolute atomic E-state index is 0.159. The first-order valence-corrected chi connectivity index (χ1v) is 7.40. The van der Waals surface area contributed by atoms with Gasteiger partial charge in [-0.05, 0) is 36.6 Å². The van der Waals surface area contributed by atoms with Crippen LogP contribution in [0.5, 0.6) is 0 Å². The first-order valence-electron chi connectivity index (χ1n) is 7.40. The molecule has 1 aliphatic carbocycles. The molecule has 1 fully saturated rings. The van der Waals surface area contributed by atoms with Crippen LogP contribution >= 0.6 is 0 Å². The molecule has 1 N–H and O–H groups in total. The highest BCUT2D eigenvalue weighted by Crippen LogP contribution is 2.44. The van der Waals surface area contributed by atoms with Crippen LogP contribution in [0.2, 0.25) is 0 Å². The topological polar surface area (TPSA) is 29.1 Å². The second kappa shape index (κ2) is 5.87. The Labute approximate surface area is 128 Å². The highest BCUT2D eigenvalue weighted by molar-refractivity contribution is 5.89. The summed E-state index contributed by atoms with van der Waals surface area (Å²) in [5.74, 6) is -0.802. The van der Waals surface area contributed by atoms with Crippen LogP contribution in [0.15, 0.2) is 48.5 Å². The average Bonchev–Trinajstić information content (AvgIpc) is 2.47. The molecule has 2 aromatic rings. The molecule has 0 bridgehead atoms. The summed E-state index contributed by atoms with van der Waals surface area (Å²) in [6, 6.07) is 12.4. The Kier molecular flexibility index (Phi) is 3.92. The van der Waals surface area contributed by atoms with Gasteiger partial charge in [0, 0.05) is 12.1 Å². The zero-order valence-electron chi connectivity index (χ0n) is 12.1. The van der Waals surface area contributed by atoms with Crippen molar-refractivity contribution >= 4 is 5.91 Å². The van der Waals surface area contributed by atoms with E-state index in [2.05, 4.69) is 5.32 Å². The summed E-state index contributed by atoms with van der Waals surface area (Å²) in [5.41, 5.74) is 0.529. The second-order valence-electron chi connectivity index (χ2n) is 5.72. The van der Waals surface area contributed by atoms with Crippen molar-refractivity contribution in [2.45, 2.75) is 31.2 Å². The molecular weight excluding hydrogens is 284 g/mol. The van der Waals surface area contributed by atoms with Crippen LogP contribution in [0.4, 0.5) is 8.78 Å². The van der Waals surface area contributed by atoms with Crippen molar-refractivity contribution in [3.63, 3.8) is 0 Å². The quantitative estimate of drug-likeness (QED) is 0.916. The smallest absolute Gasteiger partial charge is 0.231 e. The summed E-state index contributed by atoms with van der Waals surface area (Å²) in [5, 5.41) is 2.86. The second-order valence-corrected chi connectivity index (χ2v) is 5.72. The molecule has 0 unspecified atom stereocenters. The van der Waals surface area contributed by atoms with Gasteiger partial charge in [-0.3, -0.25) is 4.79 Å². The molecule has 0 atom stereocenters. The fraction of sp³-hybridized carbons (Fsp3) is 0.278. The van der Waals surface area contributed by atoms with Gasteiger partial charge in [0.1, 0.15) is 11.6 Å². The minimum atomic E-state index is -0.759. The fourth-order valence-electron chi connectivity index (χ4n) is 2.95. The lowest BCUT2D eigenvalue weighted by Crippen LogP contribution is -2.49. The molecule has 4 heteroatoms. The van der Waals surface area contributed by atoms with Gasteiger partial charge in [0.2, 0.25) is 5.91 Å². The van der Waals surface area contributed by atoms with Gasteiger partial charge in [0.05, 0.1) is 5.41 Å².